The fraction of sp³-hybridized carbons (Fsp3) is 0.647. The minimum absolute atomic E-state index is 0.324. The summed E-state index contributed by atoms with van der Waals surface area (Å²) in [6.07, 6.45) is 7.67. The van der Waals surface area contributed by atoms with E-state index in [9.17, 15) is 0 Å². The van der Waals surface area contributed by atoms with Crippen molar-refractivity contribution in [2.24, 2.45) is 5.92 Å². The zero-order chi connectivity index (χ0) is 14.8. The van der Waals surface area contributed by atoms with Crippen molar-refractivity contribution in [3.8, 4) is 0 Å². The van der Waals surface area contributed by atoms with Crippen LogP contribution in [0.25, 0.3) is 11.2 Å². The zero-order valence-electron chi connectivity index (χ0n) is 12.9. The van der Waals surface area contributed by atoms with Gasteiger partial charge in [-0.2, -0.15) is 0 Å². The van der Waals surface area contributed by atoms with E-state index in [2.05, 4.69) is 15.6 Å². The summed E-state index contributed by atoms with van der Waals surface area (Å²) in [4.78, 5) is 9.40. The molecule has 0 aromatic carbocycles. The first-order valence-corrected chi connectivity index (χ1v) is 8.39. The normalized spacial score (nSPS) is 23.4. The number of ether oxygens (including phenoxy) is 2. The van der Waals surface area contributed by atoms with E-state index in [1.807, 2.05) is 12.3 Å². The van der Waals surface area contributed by atoms with Crippen LogP contribution in [0.15, 0.2) is 18.3 Å². The van der Waals surface area contributed by atoms with E-state index in [1.165, 1.54) is 6.42 Å². The first-order valence-electron chi connectivity index (χ1n) is 8.39. The van der Waals surface area contributed by atoms with Crippen LogP contribution in [0.3, 0.4) is 0 Å². The first kappa shape index (κ1) is 14.2. The van der Waals surface area contributed by atoms with Crippen LogP contribution in [0, 0.1) is 5.92 Å². The summed E-state index contributed by atoms with van der Waals surface area (Å²) >= 11 is 0. The molecule has 2 fully saturated rings. The van der Waals surface area contributed by atoms with Crippen molar-refractivity contribution in [2.45, 2.75) is 44.8 Å². The van der Waals surface area contributed by atoms with Crippen LogP contribution < -0.4 is 0 Å². The van der Waals surface area contributed by atoms with Gasteiger partial charge in [-0.1, -0.05) is 0 Å². The molecular weight excluding hydrogens is 278 g/mol. The number of pyridine rings is 1. The molecule has 1 unspecified atom stereocenters. The lowest BCUT2D eigenvalue weighted by Crippen LogP contribution is -2.22. The van der Waals surface area contributed by atoms with Gasteiger partial charge in [0.2, 0.25) is 0 Å². The highest BCUT2D eigenvalue weighted by Crippen LogP contribution is 2.24. The molecule has 0 spiro atoms. The maximum atomic E-state index is 5.80. The zero-order valence-corrected chi connectivity index (χ0v) is 12.9. The number of imidazole rings is 1. The number of hydrogen-bond acceptors (Lipinski definition) is 4. The van der Waals surface area contributed by atoms with Crippen LogP contribution in [0.2, 0.25) is 0 Å². The van der Waals surface area contributed by atoms with Crippen molar-refractivity contribution < 1.29 is 9.47 Å². The summed E-state index contributed by atoms with van der Waals surface area (Å²) in [7, 11) is 0. The van der Waals surface area contributed by atoms with Crippen molar-refractivity contribution in [3.63, 3.8) is 0 Å². The topological polar surface area (TPSA) is 49.2 Å². The summed E-state index contributed by atoms with van der Waals surface area (Å²) in [5.41, 5.74) is 2.02. The molecule has 22 heavy (non-hydrogen) atoms. The SMILES string of the molecule is c1cnc2c(c1)nc(CC1CCCO1)n2CC1CCOCC1. The third kappa shape index (κ3) is 2.88. The minimum atomic E-state index is 0.324. The lowest BCUT2D eigenvalue weighted by atomic mass is 10.0. The quantitative estimate of drug-likeness (QED) is 0.871. The van der Waals surface area contributed by atoms with Gasteiger partial charge < -0.3 is 14.0 Å². The van der Waals surface area contributed by atoms with Crippen molar-refractivity contribution >= 4 is 11.2 Å². The van der Waals surface area contributed by atoms with Gasteiger partial charge in [-0.3, -0.25) is 0 Å². The molecule has 1 atom stereocenters. The average Bonchev–Trinajstić information content (AvgIpc) is 3.18. The Balaban J connectivity index is 1.63. The number of fused-ring (bicyclic) bond motifs is 1. The summed E-state index contributed by atoms with van der Waals surface area (Å²) in [5, 5.41) is 0. The molecule has 2 aliphatic heterocycles. The van der Waals surface area contributed by atoms with Crippen LogP contribution in [0.1, 0.15) is 31.5 Å². The second kappa shape index (κ2) is 6.34. The van der Waals surface area contributed by atoms with Gasteiger partial charge >= 0.3 is 0 Å². The van der Waals surface area contributed by atoms with Crippen molar-refractivity contribution in [2.75, 3.05) is 19.8 Å². The largest absolute Gasteiger partial charge is 0.381 e. The number of nitrogens with zero attached hydrogens (tertiary/aromatic N) is 3. The highest BCUT2D eigenvalue weighted by atomic mass is 16.5. The Bertz CT molecular complexity index is 628. The van der Waals surface area contributed by atoms with Gasteiger partial charge in [0, 0.05) is 39.0 Å². The van der Waals surface area contributed by atoms with Crippen LogP contribution in [-0.2, 0) is 22.4 Å². The van der Waals surface area contributed by atoms with E-state index in [4.69, 9.17) is 14.5 Å². The molecule has 0 aliphatic carbocycles. The minimum Gasteiger partial charge on any atom is -0.381 e. The standard InChI is InChI=1S/C17H23N3O2/c1-4-15-17(18-7-1)20(12-13-5-9-21-10-6-13)16(19-15)11-14-3-2-8-22-14/h1,4,7,13-14H,2-3,5-6,8-12H2. The molecule has 2 aromatic rings. The van der Waals surface area contributed by atoms with Gasteiger partial charge in [0.1, 0.15) is 11.3 Å². The van der Waals surface area contributed by atoms with Gasteiger partial charge in [0.05, 0.1) is 6.10 Å². The molecule has 0 saturated carbocycles. The molecule has 2 aliphatic rings. The van der Waals surface area contributed by atoms with Crippen LogP contribution in [0.4, 0.5) is 0 Å². The predicted molar refractivity (Wildman–Crippen MR) is 83.7 cm³/mol. The highest BCUT2D eigenvalue weighted by molar-refractivity contribution is 5.71. The predicted octanol–water partition coefficient (Wildman–Crippen LogP) is 2.58. The average molecular weight is 301 g/mol. The van der Waals surface area contributed by atoms with E-state index in [1.54, 1.807) is 0 Å². The fourth-order valence-corrected chi connectivity index (χ4v) is 3.55. The molecule has 4 rings (SSSR count). The Morgan fingerprint density at radius 1 is 1.18 bits per heavy atom. The molecule has 5 nitrogen and oxygen atoms in total. The highest BCUT2D eigenvalue weighted by Gasteiger charge is 2.23. The summed E-state index contributed by atoms with van der Waals surface area (Å²) < 4.78 is 13.6. The van der Waals surface area contributed by atoms with Crippen molar-refractivity contribution in [3.05, 3.63) is 24.2 Å². The van der Waals surface area contributed by atoms with E-state index >= 15 is 0 Å². The maximum Gasteiger partial charge on any atom is 0.159 e. The molecule has 118 valence electrons. The Morgan fingerprint density at radius 2 is 2.09 bits per heavy atom. The molecule has 4 heterocycles. The summed E-state index contributed by atoms with van der Waals surface area (Å²) in [6.45, 7) is 3.65. The molecular formula is C17H23N3O2. The van der Waals surface area contributed by atoms with Gasteiger partial charge in [0.15, 0.2) is 5.65 Å². The third-order valence-electron chi connectivity index (χ3n) is 4.80. The Kier molecular flexibility index (Phi) is 4.08. The van der Waals surface area contributed by atoms with Gasteiger partial charge in [0.25, 0.3) is 0 Å². The molecule has 2 saturated heterocycles. The first-order chi connectivity index (χ1) is 10.9. The summed E-state index contributed by atoms with van der Waals surface area (Å²) in [5.74, 6) is 1.79. The van der Waals surface area contributed by atoms with Crippen molar-refractivity contribution in [1.82, 2.24) is 14.5 Å². The van der Waals surface area contributed by atoms with Crippen LogP contribution >= 0.6 is 0 Å². The second-order valence-electron chi connectivity index (χ2n) is 6.38. The molecule has 2 aromatic heterocycles. The maximum absolute atomic E-state index is 5.80. The lowest BCUT2D eigenvalue weighted by Gasteiger charge is -2.23. The fourth-order valence-electron chi connectivity index (χ4n) is 3.55. The van der Waals surface area contributed by atoms with Crippen molar-refractivity contribution in [1.29, 1.82) is 0 Å². The van der Waals surface area contributed by atoms with E-state index in [0.29, 0.717) is 12.0 Å². The van der Waals surface area contributed by atoms with Crippen LogP contribution in [0.5, 0.6) is 0 Å². The smallest absolute Gasteiger partial charge is 0.159 e. The molecule has 0 bridgehead atoms. The lowest BCUT2D eigenvalue weighted by molar-refractivity contribution is 0.0608. The van der Waals surface area contributed by atoms with E-state index in [0.717, 1.165) is 69.0 Å². The Labute approximate surface area is 130 Å². The molecule has 5 heteroatoms. The monoisotopic (exact) mass is 301 g/mol. The molecule has 0 radical (unpaired) electrons. The van der Waals surface area contributed by atoms with Gasteiger partial charge in [-0.25, -0.2) is 9.97 Å². The molecule has 0 amide bonds. The number of rotatable bonds is 4. The van der Waals surface area contributed by atoms with Gasteiger partial charge in [-0.05, 0) is 43.7 Å². The number of aromatic nitrogens is 3. The van der Waals surface area contributed by atoms with Crippen LogP contribution in [-0.4, -0.2) is 40.5 Å². The Morgan fingerprint density at radius 3 is 2.91 bits per heavy atom. The summed E-state index contributed by atoms with van der Waals surface area (Å²) in [6, 6.07) is 4.02. The van der Waals surface area contributed by atoms with E-state index < -0.39 is 0 Å². The molecule has 0 N–H and O–H groups in total. The van der Waals surface area contributed by atoms with Gasteiger partial charge in [-0.15, -0.1) is 0 Å². The second-order valence-corrected chi connectivity index (χ2v) is 6.38. The third-order valence-corrected chi connectivity index (χ3v) is 4.80. The van der Waals surface area contributed by atoms with E-state index in [-0.39, 0.29) is 0 Å². The Hall–Kier alpha value is -1.46. The number of hydrogen-bond donors (Lipinski definition) is 0.